The number of nitrogens with zero attached hydrogens (tertiary/aromatic N) is 1. The Balaban J connectivity index is 2.02. The molecule has 1 saturated heterocycles. The first kappa shape index (κ1) is 15.5. The van der Waals surface area contributed by atoms with Gasteiger partial charge in [-0.05, 0) is 19.3 Å². The lowest BCUT2D eigenvalue weighted by Crippen LogP contribution is -2.27. The Labute approximate surface area is 126 Å². The van der Waals surface area contributed by atoms with Gasteiger partial charge in [0.15, 0.2) is 0 Å². The van der Waals surface area contributed by atoms with Crippen molar-refractivity contribution >= 4 is 28.9 Å². The van der Waals surface area contributed by atoms with E-state index in [0.717, 1.165) is 31.6 Å². The smallest absolute Gasteiger partial charge is 0.271 e. The highest BCUT2D eigenvalue weighted by Gasteiger charge is 2.20. The molecular formula is C13H16ClN3O4. The number of ether oxygens (including phenoxy) is 1. The SMILES string of the molecule is Nc1c(Cl)cc([N+](=O)[O-])cc1C(=O)NCCC1CCCO1. The summed E-state index contributed by atoms with van der Waals surface area (Å²) in [6.45, 7) is 1.18. The molecule has 1 aliphatic heterocycles. The molecule has 1 atom stereocenters. The summed E-state index contributed by atoms with van der Waals surface area (Å²) in [5.41, 5.74) is 5.50. The number of nitrogen functional groups attached to an aromatic ring is 1. The lowest BCUT2D eigenvalue weighted by molar-refractivity contribution is -0.384. The van der Waals surface area contributed by atoms with Gasteiger partial charge in [0.05, 0.1) is 27.3 Å². The number of carbonyl (C=O) groups excluding carboxylic acids is 1. The summed E-state index contributed by atoms with van der Waals surface area (Å²) in [6, 6.07) is 2.25. The van der Waals surface area contributed by atoms with E-state index in [-0.39, 0.29) is 28.1 Å². The fourth-order valence-corrected chi connectivity index (χ4v) is 2.42. The number of anilines is 1. The second-order valence-corrected chi connectivity index (χ2v) is 5.23. The molecule has 7 nitrogen and oxygen atoms in total. The number of nitro benzene ring substituents is 1. The zero-order valence-electron chi connectivity index (χ0n) is 11.3. The minimum atomic E-state index is -0.617. The molecule has 1 amide bonds. The molecule has 0 aliphatic carbocycles. The third-order valence-electron chi connectivity index (χ3n) is 3.35. The molecule has 1 unspecified atom stereocenters. The van der Waals surface area contributed by atoms with Crippen LogP contribution in [0.25, 0.3) is 0 Å². The molecule has 2 rings (SSSR count). The molecule has 1 aliphatic rings. The van der Waals surface area contributed by atoms with E-state index in [1.54, 1.807) is 0 Å². The second-order valence-electron chi connectivity index (χ2n) is 4.83. The average Bonchev–Trinajstić information content (AvgIpc) is 2.94. The highest BCUT2D eigenvalue weighted by atomic mass is 35.5. The van der Waals surface area contributed by atoms with Crippen LogP contribution in [0.2, 0.25) is 5.02 Å². The Hall–Kier alpha value is -1.86. The fraction of sp³-hybridized carbons (Fsp3) is 0.462. The fourth-order valence-electron chi connectivity index (χ4n) is 2.21. The highest BCUT2D eigenvalue weighted by molar-refractivity contribution is 6.34. The molecule has 1 heterocycles. The summed E-state index contributed by atoms with van der Waals surface area (Å²) in [5, 5.41) is 13.5. The van der Waals surface area contributed by atoms with Crippen LogP contribution in [0.4, 0.5) is 11.4 Å². The predicted molar refractivity (Wildman–Crippen MR) is 78.4 cm³/mol. The van der Waals surface area contributed by atoms with Crippen LogP contribution >= 0.6 is 11.6 Å². The number of non-ortho nitro benzene ring substituents is 1. The third-order valence-corrected chi connectivity index (χ3v) is 3.66. The minimum Gasteiger partial charge on any atom is -0.397 e. The van der Waals surface area contributed by atoms with Crippen molar-refractivity contribution in [3.05, 3.63) is 32.8 Å². The summed E-state index contributed by atoms with van der Waals surface area (Å²) in [6.07, 6.45) is 2.89. The van der Waals surface area contributed by atoms with Crippen LogP contribution < -0.4 is 11.1 Å². The first-order chi connectivity index (χ1) is 9.99. The lowest BCUT2D eigenvalue weighted by atomic mass is 10.1. The Morgan fingerprint density at radius 2 is 2.33 bits per heavy atom. The van der Waals surface area contributed by atoms with Gasteiger partial charge < -0.3 is 15.8 Å². The number of amides is 1. The van der Waals surface area contributed by atoms with Gasteiger partial charge in [0, 0.05) is 25.3 Å². The van der Waals surface area contributed by atoms with E-state index in [0.29, 0.717) is 13.0 Å². The van der Waals surface area contributed by atoms with Gasteiger partial charge in [-0.1, -0.05) is 11.6 Å². The van der Waals surface area contributed by atoms with E-state index >= 15 is 0 Å². The summed E-state index contributed by atoms with van der Waals surface area (Å²) in [4.78, 5) is 22.2. The molecule has 1 aromatic rings. The molecule has 114 valence electrons. The number of halogens is 1. The van der Waals surface area contributed by atoms with Crippen LogP contribution in [0.1, 0.15) is 29.6 Å². The summed E-state index contributed by atoms with van der Waals surface area (Å²) >= 11 is 5.82. The zero-order valence-corrected chi connectivity index (χ0v) is 12.1. The van der Waals surface area contributed by atoms with Gasteiger partial charge in [-0.15, -0.1) is 0 Å². The predicted octanol–water partition coefficient (Wildman–Crippen LogP) is 2.13. The number of hydrogen-bond donors (Lipinski definition) is 2. The van der Waals surface area contributed by atoms with Crippen LogP contribution in [-0.4, -0.2) is 30.1 Å². The maximum Gasteiger partial charge on any atom is 0.271 e. The largest absolute Gasteiger partial charge is 0.397 e. The van der Waals surface area contributed by atoms with Crippen molar-refractivity contribution in [1.29, 1.82) is 0 Å². The van der Waals surface area contributed by atoms with Crippen LogP contribution in [0.5, 0.6) is 0 Å². The van der Waals surface area contributed by atoms with Crippen molar-refractivity contribution in [2.75, 3.05) is 18.9 Å². The molecular weight excluding hydrogens is 298 g/mol. The van der Waals surface area contributed by atoms with Crippen LogP contribution in [-0.2, 0) is 4.74 Å². The number of carbonyl (C=O) groups is 1. The zero-order chi connectivity index (χ0) is 15.4. The Kier molecular flexibility index (Phi) is 4.98. The molecule has 8 heteroatoms. The minimum absolute atomic E-state index is 0.00604. The number of benzene rings is 1. The summed E-state index contributed by atoms with van der Waals surface area (Å²) in [5.74, 6) is -0.476. The third kappa shape index (κ3) is 3.83. The summed E-state index contributed by atoms with van der Waals surface area (Å²) in [7, 11) is 0. The van der Waals surface area contributed by atoms with E-state index < -0.39 is 10.8 Å². The highest BCUT2D eigenvalue weighted by Crippen LogP contribution is 2.28. The van der Waals surface area contributed by atoms with E-state index in [2.05, 4.69) is 5.32 Å². The summed E-state index contributed by atoms with van der Waals surface area (Å²) < 4.78 is 5.45. The number of nitro groups is 1. The van der Waals surface area contributed by atoms with E-state index in [1.807, 2.05) is 0 Å². The quantitative estimate of drug-likeness (QED) is 0.492. The molecule has 21 heavy (non-hydrogen) atoms. The Morgan fingerprint density at radius 1 is 1.57 bits per heavy atom. The van der Waals surface area contributed by atoms with E-state index in [1.165, 1.54) is 0 Å². The van der Waals surface area contributed by atoms with Crippen molar-refractivity contribution in [3.63, 3.8) is 0 Å². The first-order valence-corrected chi connectivity index (χ1v) is 7.00. The van der Waals surface area contributed by atoms with Crippen molar-refractivity contribution < 1.29 is 14.5 Å². The Bertz CT molecular complexity index is 559. The van der Waals surface area contributed by atoms with Crippen molar-refractivity contribution in [2.24, 2.45) is 0 Å². The second kappa shape index (κ2) is 6.73. The number of rotatable bonds is 5. The van der Waals surface area contributed by atoms with Crippen molar-refractivity contribution in [2.45, 2.75) is 25.4 Å². The van der Waals surface area contributed by atoms with Gasteiger partial charge in [-0.2, -0.15) is 0 Å². The van der Waals surface area contributed by atoms with Crippen LogP contribution in [0, 0.1) is 10.1 Å². The topological polar surface area (TPSA) is 107 Å². The molecule has 1 fully saturated rings. The molecule has 0 spiro atoms. The van der Waals surface area contributed by atoms with E-state index in [4.69, 9.17) is 22.1 Å². The lowest BCUT2D eigenvalue weighted by Gasteiger charge is -2.11. The molecule has 0 aromatic heterocycles. The van der Waals surface area contributed by atoms with Gasteiger partial charge in [-0.25, -0.2) is 0 Å². The maximum absolute atomic E-state index is 12.1. The number of nitrogens with one attached hydrogen (secondary N) is 1. The van der Waals surface area contributed by atoms with Crippen molar-refractivity contribution in [3.8, 4) is 0 Å². The number of hydrogen-bond acceptors (Lipinski definition) is 5. The molecule has 3 N–H and O–H groups in total. The number of nitrogens with two attached hydrogens (primary N) is 1. The first-order valence-electron chi connectivity index (χ1n) is 6.62. The monoisotopic (exact) mass is 313 g/mol. The van der Waals surface area contributed by atoms with Gasteiger partial charge in [0.25, 0.3) is 11.6 Å². The van der Waals surface area contributed by atoms with Gasteiger partial charge >= 0.3 is 0 Å². The molecule has 0 radical (unpaired) electrons. The van der Waals surface area contributed by atoms with Gasteiger partial charge in [-0.3, -0.25) is 14.9 Å². The normalized spacial score (nSPS) is 17.7. The molecule has 0 saturated carbocycles. The van der Waals surface area contributed by atoms with E-state index in [9.17, 15) is 14.9 Å². The van der Waals surface area contributed by atoms with Gasteiger partial charge in [0.1, 0.15) is 0 Å². The molecule has 1 aromatic carbocycles. The maximum atomic E-state index is 12.1. The van der Waals surface area contributed by atoms with Crippen molar-refractivity contribution in [1.82, 2.24) is 5.32 Å². The Morgan fingerprint density at radius 3 is 2.95 bits per heavy atom. The van der Waals surface area contributed by atoms with Crippen LogP contribution in [0.3, 0.4) is 0 Å². The standard InChI is InChI=1S/C13H16ClN3O4/c14-11-7-8(17(19)20)6-10(12(11)15)13(18)16-4-3-9-2-1-5-21-9/h6-7,9H,1-5,15H2,(H,16,18). The van der Waals surface area contributed by atoms with Gasteiger partial charge in [0.2, 0.25) is 0 Å². The van der Waals surface area contributed by atoms with Crippen LogP contribution in [0.15, 0.2) is 12.1 Å². The average molecular weight is 314 g/mol. The molecule has 0 bridgehead atoms.